The van der Waals surface area contributed by atoms with E-state index in [1.54, 1.807) is 18.3 Å². The average molecular weight is 494 g/mol. The highest BCUT2D eigenvalue weighted by atomic mass is 19.1. The number of piperidine rings is 1. The molecular weight excluding hydrogens is 470 g/mol. The molecule has 1 unspecified atom stereocenters. The highest BCUT2D eigenvalue weighted by molar-refractivity contribution is 6.06. The summed E-state index contributed by atoms with van der Waals surface area (Å²) in [7, 11) is 2.78. The number of imidazole rings is 1. The van der Waals surface area contributed by atoms with Crippen molar-refractivity contribution in [3.63, 3.8) is 0 Å². The number of aromatic nitrogens is 2. The normalized spacial score (nSPS) is 20.1. The van der Waals surface area contributed by atoms with Gasteiger partial charge < -0.3 is 23.8 Å². The van der Waals surface area contributed by atoms with Gasteiger partial charge in [-0.15, -0.1) is 0 Å². The Labute approximate surface area is 206 Å². The minimum atomic E-state index is -1.98. The Kier molecular flexibility index (Phi) is 5.95. The lowest BCUT2D eigenvalue weighted by atomic mass is 9.94. The van der Waals surface area contributed by atoms with Gasteiger partial charge in [-0.05, 0) is 61.2 Å². The maximum Gasteiger partial charge on any atom is 0.380 e. The smallest absolute Gasteiger partial charge is 0.380 e. The van der Waals surface area contributed by atoms with Crippen molar-refractivity contribution in [2.24, 2.45) is 5.16 Å². The fourth-order valence-electron chi connectivity index (χ4n) is 4.63. The quantitative estimate of drug-likeness (QED) is 0.492. The van der Waals surface area contributed by atoms with Crippen LogP contribution in [-0.4, -0.2) is 47.0 Å². The molecule has 36 heavy (non-hydrogen) atoms. The van der Waals surface area contributed by atoms with Crippen molar-refractivity contribution in [2.45, 2.75) is 25.5 Å². The van der Waals surface area contributed by atoms with Gasteiger partial charge >= 0.3 is 11.7 Å². The SMILES string of the molecule is COC(=O)C1(c2ccc(F)cc2F)ON=C2C(=Cc3ccc(-n4cnc(C)c4)c(OC)c3)CCCN21. The van der Waals surface area contributed by atoms with Crippen molar-refractivity contribution >= 4 is 17.9 Å². The molecule has 3 heterocycles. The summed E-state index contributed by atoms with van der Waals surface area (Å²) in [4.78, 5) is 24.5. The molecule has 1 atom stereocenters. The second kappa shape index (κ2) is 9.10. The molecule has 0 N–H and O–H groups in total. The van der Waals surface area contributed by atoms with Gasteiger partial charge in [-0.3, -0.25) is 0 Å². The summed E-state index contributed by atoms with van der Waals surface area (Å²) in [6.45, 7) is 2.28. The van der Waals surface area contributed by atoms with Crippen LogP contribution in [-0.2, 0) is 20.1 Å². The minimum Gasteiger partial charge on any atom is -0.495 e. The Hall–Kier alpha value is -4.21. The maximum absolute atomic E-state index is 14.9. The average Bonchev–Trinajstić information content (AvgIpc) is 3.48. The highest BCUT2D eigenvalue weighted by Gasteiger charge is 2.58. The number of carbonyl (C=O) groups excluding carboxylic acids is 1. The van der Waals surface area contributed by atoms with Crippen LogP contribution in [0.4, 0.5) is 8.78 Å². The summed E-state index contributed by atoms with van der Waals surface area (Å²) in [5.74, 6) is -1.50. The number of halogens is 2. The second-order valence-electron chi connectivity index (χ2n) is 8.54. The van der Waals surface area contributed by atoms with Crippen molar-refractivity contribution < 1.29 is 27.9 Å². The topological polar surface area (TPSA) is 78.2 Å². The number of fused-ring (bicyclic) bond motifs is 1. The third-order valence-electron chi connectivity index (χ3n) is 6.31. The molecule has 0 aliphatic carbocycles. The molecule has 0 radical (unpaired) electrons. The molecule has 1 fully saturated rings. The van der Waals surface area contributed by atoms with E-state index in [0.29, 0.717) is 37.0 Å². The predicted molar refractivity (Wildman–Crippen MR) is 127 cm³/mol. The minimum absolute atomic E-state index is 0.169. The molecule has 1 saturated heterocycles. The molecule has 0 spiro atoms. The summed E-state index contributed by atoms with van der Waals surface area (Å²) in [6, 6.07) is 8.70. The molecule has 10 heteroatoms. The molecular formula is C26H24F2N4O4. The number of amidine groups is 1. The number of methoxy groups -OCH3 is 2. The first-order chi connectivity index (χ1) is 17.4. The van der Waals surface area contributed by atoms with Crippen LogP contribution < -0.4 is 4.74 Å². The fourth-order valence-corrected chi connectivity index (χ4v) is 4.63. The molecule has 8 nitrogen and oxygen atoms in total. The van der Waals surface area contributed by atoms with Crippen LogP contribution in [0.2, 0.25) is 0 Å². The van der Waals surface area contributed by atoms with Crippen molar-refractivity contribution in [3.8, 4) is 11.4 Å². The molecule has 3 aromatic rings. The number of ether oxygens (including phenoxy) is 2. The summed E-state index contributed by atoms with van der Waals surface area (Å²) < 4.78 is 41.0. The number of benzene rings is 2. The van der Waals surface area contributed by atoms with E-state index in [-0.39, 0.29) is 5.56 Å². The summed E-state index contributed by atoms with van der Waals surface area (Å²) in [5, 5.41) is 4.18. The van der Waals surface area contributed by atoms with Crippen LogP contribution in [0.3, 0.4) is 0 Å². The Morgan fingerprint density at radius 1 is 1.19 bits per heavy atom. The van der Waals surface area contributed by atoms with Gasteiger partial charge in [0, 0.05) is 18.8 Å². The van der Waals surface area contributed by atoms with Gasteiger partial charge in [0.1, 0.15) is 17.4 Å². The van der Waals surface area contributed by atoms with E-state index >= 15 is 0 Å². The highest BCUT2D eigenvalue weighted by Crippen LogP contribution is 2.42. The van der Waals surface area contributed by atoms with Crippen LogP contribution in [0, 0.1) is 18.6 Å². The lowest BCUT2D eigenvalue weighted by molar-refractivity contribution is -0.187. The molecule has 5 rings (SSSR count). The number of rotatable bonds is 5. The zero-order chi connectivity index (χ0) is 25.4. The zero-order valence-corrected chi connectivity index (χ0v) is 20.0. The van der Waals surface area contributed by atoms with Crippen LogP contribution in [0.25, 0.3) is 11.8 Å². The summed E-state index contributed by atoms with van der Waals surface area (Å²) >= 11 is 0. The van der Waals surface area contributed by atoms with Crippen LogP contribution >= 0.6 is 0 Å². The number of aryl methyl sites for hydroxylation is 1. The molecule has 0 saturated carbocycles. The number of nitrogens with zero attached hydrogens (tertiary/aromatic N) is 4. The molecule has 0 amide bonds. The third kappa shape index (κ3) is 3.78. The van der Waals surface area contributed by atoms with Crippen molar-refractivity contribution in [3.05, 3.63) is 83.0 Å². The van der Waals surface area contributed by atoms with Gasteiger partial charge in [0.25, 0.3) is 0 Å². The first-order valence-corrected chi connectivity index (χ1v) is 11.3. The predicted octanol–water partition coefficient (Wildman–Crippen LogP) is 4.32. The molecule has 2 aliphatic heterocycles. The number of hydrogen-bond acceptors (Lipinski definition) is 7. The Morgan fingerprint density at radius 2 is 2.03 bits per heavy atom. The van der Waals surface area contributed by atoms with E-state index < -0.39 is 23.3 Å². The van der Waals surface area contributed by atoms with Crippen molar-refractivity contribution in [2.75, 3.05) is 20.8 Å². The van der Waals surface area contributed by atoms with E-state index in [0.717, 1.165) is 28.6 Å². The molecule has 2 aromatic carbocycles. The Morgan fingerprint density at radius 3 is 2.72 bits per heavy atom. The first-order valence-electron chi connectivity index (χ1n) is 11.3. The van der Waals surface area contributed by atoms with E-state index in [2.05, 4.69) is 10.1 Å². The van der Waals surface area contributed by atoms with Crippen molar-refractivity contribution in [1.29, 1.82) is 0 Å². The van der Waals surface area contributed by atoms with Gasteiger partial charge in [-0.2, -0.15) is 0 Å². The molecule has 2 aliphatic rings. The van der Waals surface area contributed by atoms with Crippen molar-refractivity contribution in [1.82, 2.24) is 14.5 Å². The Bertz CT molecular complexity index is 1400. The standard InChI is InChI=1S/C26H24F2N4O4/c1-16-14-31(15-29-16)22-9-6-17(12-23(22)34-2)11-18-5-4-10-32-24(18)30-36-26(32,25(33)35-3)20-8-7-19(27)13-21(20)28/h6-9,11-15H,4-5,10H2,1-3H3. The van der Waals surface area contributed by atoms with E-state index in [4.69, 9.17) is 14.3 Å². The lowest BCUT2D eigenvalue weighted by Crippen LogP contribution is -2.54. The van der Waals surface area contributed by atoms with Gasteiger partial charge in [-0.1, -0.05) is 11.2 Å². The fraction of sp³-hybridized carbons (Fsp3) is 0.269. The number of hydrogen-bond donors (Lipinski definition) is 0. The van der Waals surface area contributed by atoms with E-state index in [9.17, 15) is 13.6 Å². The van der Waals surface area contributed by atoms with Gasteiger partial charge in [0.2, 0.25) is 0 Å². The van der Waals surface area contributed by atoms with Gasteiger partial charge in [0.05, 0.1) is 37.5 Å². The number of carbonyl (C=O) groups is 1. The number of esters is 1. The first kappa shape index (κ1) is 23.5. The molecule has 186 valence electrons. The van der Waals surface area contributed by atoms with E-state index in [1.807, 2.05) is 42.0 Å². The Balaban J connectivity index is 1.52. The largest absolute Gasteiger partial charge is 0.495 e. The van der Waals surface area contributed by atoms with E-state index in [1.165, 1.54) is 13.2 Å². The lowest BCUT2D eigenvalue weighted by Gasteiger charge is -2.37. The zero-order valence-electron chi connectivity index (χ0n) is 20.0. The second-order valence-corrected chi connectivity index (χ2v) is 8.54. The van der Waals surface area contributed by atoms with Crippen LogP contribution in [0.5, 0.6) is 5.75 Å². The summed E-state index contributed by atoms with van der Waals surface area (Å²) in [5.41, 5.74) is 1.21. The number of oxime groups is 1. The third-order valence-corrected chi connectivity index (χ3v) is 6.31. The maximum atomic E-state index is 14.9. The van der Waals surface area contributed by atoms with Crippen LogP contribution in [0.1, 0.15) is 29.7 Å². The molecule has 0 bridgehead atoms. The summed E-state index contributed by atoms with van der Waals surface area (Å²) in [6.07, 6.45) is 6.86. The van der Waals surface area contributed by atoms with Gasteiger partial charge in [-0.25, -0.2) is 18.6 Å². The van der Waals surface area contributed by atoms with Gasteiger partial charge in [0.15, 0.2) is 5.84 Å². The monoisotopic (exact) mass is 494 g/mol. The molecule has 1 aromatic heterocycles. The van der Waals surface area contributed by atoms with Crippen LogP contribution in [0.15, 0.2) is 59.7 Å².